The van der Waals surface area contributed by atoms with Crippen LogP contribution in [0.25, 0.3) is 0 Å². The summed E-state index contributed by atoms with van der Waals surface area (Å²) < 4.78 is 0. The summed E-state index contributed by atoms with van der Waals surface area (Å²) in [6.07, 6.45) is 3.61. The van der Waals surface area contributed by atoms with Crippen molar-refractivity contribution in [2.24, 2.45) is 5.73 Å². The minimum absolute atomic E-state index is 0.388. The van der Waals surface area contributed by atoms with Gasteiger partial charge < -0.3 is 10.6 Å². The topological polar surface area (TPSA) is 29.3 Å². The molecule has 2 heteroatoms. The first-order valence-electron chi connectivity index (χ1n) is 7.11. The third-order valence-corrected chi connectivity index (χ3v) is 4.06. The molecule has 1 fully saturated rings. The fourth-order valence-electron chi connectivity index (χ4n) is 3.17. The molecule has 0 amide bonds. The van der Waals surface area contributed by atoms with Crippen LogP contribution in [-0.2, 0) is 6.42 Å². The summed E-state index contributed by atoms with van der Waals surface area (Å²) in [5.41, 5.74) is 11.8. The van der Waals surface area contributed by atoms with Crippen LogP contribution in [0, 0.1) is 20.8 Å². The molecule has 1 aliphatic rings. The number of aryl methyl sites for hydroxylation is 3. The van der Waals surface area contributed by atoms with E-state index in [-0.39, 0.29) is 0 Å². The molecule has 100 valence electrons. The van der Waals surface area contributed by atoms with Crippen LogP contribution in [0.1, 0.15) is 35.1 Å². The largest absolute Gasteiger partial charge is 0.327 e. The van der Waals surface area contributed by atoms with E-state index in [9.17, 15) is 0 Å². The minimum atomic E-state index is 0.388. The molecule has 18 heavy (non-hydrogen) atoms. The quantitative estimate of drug-likeness (QED) is 0.888. The van der Waals surface area contributed by atoms with Crippen LogP contribution in [0.5, 0.6) is 0 Å². The number of benzene rings is 1. The van der Waals surface area contributed by atoms with Crippen molar-refractivity contribution >= 4 is 0 Å². The third kappa shape index (κ3) is 3.33. The van der Waals surface area contributed by atoms with Crippen LogP contribution in [0.2, 0.25) is 0 Å². The van der Waals surface area contributed by atoms with Crippen molar-refractivity contribution in [1.82, 2.24) is 4.90 Å². The van der Waals surface area contributed by atoms with E-state index >= 15 is 0 Å². The van der Waals surface area contributed by atoms with Gasteiger partial charge in [0.25, 0.3) is 0 Å². The van der Waals surface area contributed by atoms with Crippen molar-refractivity contribution in [3.05, 3.63) is 34.4 Å². The van der Waals surface area contributed by atoms with E-state index in [4.69, 9.17) is 5.73 Å². The summed E-state index contributed by atoms with van der Waals surface area (Å²) in [7, 11) is 0. The van der Waals surface area contributed by atoms with Gasteiger partial charge in [-0.1, -0.05) is 17.7 Å². The van der Waals surface area contributed by atoms with Gasteiger partial charge in [0.15, 0.2) is 0 Å². The molecular formula is C16H26N2. The van der Waals surface area contributed by atoms with E-state index in [1.807, 2.05) is 0 Å². The van der Waals surface area contributed by atoms with Crippen LogP contribution in [0.4, 0.5) is 0 Å². The van der Waals surface area contributed by atoms with Gasteiger partial charge in [-0.3, -0.25) is 0 Å². The van der Waals surface area contributed by atoms with Gasteiger partial charge in [0.05, 0.1) is 0 Å². The first-order valence-corrected chi connectivity index (χ1v) is 7.11. The smallest absolute Gasteiger partial charge is 0.0168 e. The lowest BCUT2D eigenvalue weighted by Crippen LogP contribution is -2.43. The molecule has 1 heterocycles. The number of hydrogen-bond donors (Lipinski definition) is 1. The van der Waals surface area contributed by atoms with E-state index in [1.165, 1.54) is 41.6 Å². The zero-order valence-electron chi connectivity index (χ0n) is 12.0. The fraction of sp³-hybridized carbons (Fsp3) is 0.625. The van der Waals surface area contributed by atoms with Crippen molar-refractivity contribution in [2.75, 3.05) is 19.6 Å². The second kappa shape index (κ2) is 5.85. The molecule has 1 atom stereocenters. The summed E-state index contributed by atoms with van der Waals surface area (Å²) in [6, 6.07) is 4.98. The lowest BCUT2D eigenvalue weighted by molar-refractivity contribution is 0.211. The zero-order valence-corrected chi connectivity index (χ0v) is 12.0. The monoisotopic (exact) mass is 246 g/mol. The molecule has 0 bridgehead atoms. The molecule has 2 rings (SSSR count). The number of nitrogens with zero attached hydrogens (tertiary/aromatic N) is 1. The fourth-order valence-corrected chi connectivity index (χ4v) is 3.17. The highest BCUT2D eigenvalue weighted by molar-refractivity contribution is 5.37. The highest BCUT2D eigenvalue weighted by atomic mass is 15.1. The Hall–Kier alpha value is -0.860. The number of nitrogens with two attached hydrogens (primary N) is 1. The number of rotatable bonds is 3. The maximum atomic E-state index is 6.03. The molecule has 1 unspecified atom stereocenters. The van der Waals surface area contributed by atoms with Gasteiger partial charge in [-0.15, -0.1) is 0 Å². The predicted octanol–water partition coefficient (Wildman–Crippen LogP) is 2.58. The summed E-state index contributed by atoms with van der Waals surface area (Å²) in [4.78, 5) is 2.52. The highest BCUT2D eigenvalue weighted by Gasteiger charge is 2.16. The van der Waals surface area contributed by atoms with Crippen molar-refractivity contribution in [3.8, 4) is 0 Å². The lowest BCUT2D eigenvalue weighted by Gasteiger charge is -2.31. The Morgan fingerprint density at radius 2 is 1.89 bits per heavy atom. The second-order valence-corrected chi connectivity index (χ2v) is 5.83. The van der Waals surface area contributed by atoms with Crippen LogP contribution in [0.15, 0.2) is 12.1 Å². The maximum Gasteiger partial charge on any atom is 0.0168 e. The van der Waals surface area contributed by atoms with Crippen molar-refractivity contribution in [3.63, 3.8) is 0 Å². The molecule has 2 nitrogen and oxygen atoms in total. The van der Waals surface area contributed by atoms with Crippen molar-refractivity contribution < 1.29 is 0 Å². The Morgan fingerprint density at radius 1 is 1.22 bits per heavy atom. The molecule has 1 aromatic rings. The zero-order chi connectivity index (χ0) is 13.1. The summed E-state index contributed by atoms with van der Waals surface area (Å²) >= 11 is 0. The second-order valence-electron chi connectivity index (χ2n) is 5.83. The van der Waals surface area contributed by atoms with Crippen LogP contribution in [0.3, 0.4) is 0 Å². The van der Waals surface area contributed by atoms with Gasteiger partial charge in [0.2, 0.25) is 0 Å². The third-order valence-electron chi connectivity index (χ3n) is 4.06. The van der Waals surface area contributed by atoms with E-state index in [0.717, 1.165) is 19.5 Å². The Morgan fingerprint density at radius 3 is 2.50 bits per heavy atom. The number of hydrogen-bond acceptors (Lipinski definition) is 2. The van der Waals surface area contributed by atoms with Crippen LogP contribution in [-0.4, -0.2) is 30.6 Å². The first-order chi connectivity index (χ1) is 8.56. The molecule has 1 aliphatic heterocycles. The highest BCUT2D eigenvalue weighted by Crippen LogP contribution is 2.18. The lowest BCUT2D eigenvalue weighted by atomic mass is 9.97. The number of likely N-dealkylation sites (tertiary alicyclic amines) is 1. The van der Waals surface area contributed by atoms with E-state index < -0.39 is 0 Å². The van der Waals surface area contributed by atoms with Gasteiger partial charge in [0, 0.05) is 19.1 Å². The summed E-state index contributed by atoms with van der Waals surface area (Å²) in [5, 5.41) is 0. The minimum Gasteiger partial charge on any atom is -0.327 e. The average Bonchev–Trinajstić information content (AvgIpc) is 2.27. The molecule has 0 radical (unpaired) electrons. The molecule has 0 spiro atoms. The van der Waals surface area contributed by atoms with Crippen LogP contribution >= 0.6 is 0 Å². The van der Waals surface area contributed by atoms with E-state index in [2.05, 4.69) is 37.8 Å². The van der Waals surface area contributed by atoms with Gasteiger partial charge in [0.1, 0.15) is 0 Å². The maximum absolute atomic E-state index is 6.03. The van der Waals surface area contributed by atoms with Gasteiger partial charge in [-0.25, -0.2) is 0 Å². The average molecular weight is 246 g/mol. The standard InChI is InChI=1S/C16H26N2/c1-12-9-13(2)16(14(3)10-12)6-8-18-7-4-5-15(17)11-18/h9-10,15H,4-8,11,17H2,1-3H3. The van der Waals surface area contributed by atoms with Gasteiger partial charge in [-0.2, -0.15) is 0 Å². The molecule has 1 aromatic carbocycles. The van der Waals surface area contributed by atoms with Crippen molar-refractivity contribution in [1.29, 1.82) is 0 Å². The van der Waals surface area contributed by atoms with Gasteiger partial charge >= 0.3 is 0 Å². The van der Waals surface area contributed by atoms with Crippen molar-refractivity contribution in [2.45, 2.75) is 46.1 Å². The summed E-state index contributed by atoms with van der Waals surface area (Å²) in [6.45, 7) is 10.1. The molecule has 2 N–H and O–H groups in total. The SMILES string of the molecule is Cc1cc(C)c(CCN2CCCC(N)C2)c(C)c1. The summed E-state index contributed by atoms with van der Waals surface area (Å²) in [5.74, 6) is 0. The molecule has 1 saturated heterocycles. The molecule has 0 aromatic heterocycles. The molecular weight excluding hydrogens is 220 g/mol. The van der Waals surface area contributed by atoms with E-state index in [1.54, 1.807) is 0 Å². The molecule has 0 aliphatic carbocycles. The normalized spacial score (nSPS) is 21.2. The predicted molar refractivity (Wildman–Crippen MR) is 78.0 cm³/mol. The Bertz CT molecular complexity index is 389. The Labute approximate surface area is 111 Å². The van der Waals surface area contributed by atoms with Gasteiger partial charge in [-0.05, 0) is 63.3 Å². The first kappa shape index (κ1) is 13.6. The molecule has 0 saturated carbocycles. The Balaban J connectivity index is 1.97. The Kier molecular flexibility index (Phi) is 4.41. The van der Waals surface area contributed by atoms with Crippen LogP contribution < -0.4 is 5.73 Å². The number of piperidine rings is 1. The van der Waals surface area contributed by atoms with E-state index in [0.29, 0.717) is 6.04 Å².